The standard InChI is InChI=1S/C18H25FN2O3S/c19-15-7-9-16(10-8-15)25(23,24)18(11-4-12-20-13-18)21-17(22)14-5-2-1-3-6-14/h7-10,14,20H,1-6,11-13H2,(H,21,22)/t18-/m0/s1. The van der Waals surface area contributed by atoms with Gasteiger partial charge >= 0.3 is 0 Å². The summed E-state index contributed by atoms with van der Waals surface area (Å²) in [6.45, 7) is 0.894. The minimum atomic E-state index is -3.84. The number of nitrogens with one attached hydrogen (secondary N) is 2. The molecule has 1 atom stereocenters. The van der Waals surface area contributed by atoms with Gasteiger partial charge in [-0.1, -0.05) is 19.3 Å². The molecule has 1 aliphatic carbocycles. The van der Waals surface area contributed by atoms with Gasteiger partial charge in [-0.15, -0.1) is 0 Å². The summed E-state index contributed by atoms with van der Waals surface area (Å²) in [7, 11) is -3.84. The molecule has 0 radical (unpaired) electrons. The van der Waals surface area contributed by atoms with Crippen LogP contribution in [0.5, 0.6) is 0 Å². The maximum absolute atomic E-state index is 13.3. The van der Waals surface area contributed by atoms with Crippen LogP contribution in [0.25, 0.3) is 0 Å². The van der Waals surface area contributed by atoms with Gasteiger partial charge in [0, 0.05) is 12.5 Å². The van der Waals surface area contributed by atoms with E-state index in [1.54, 1.807) is 0 Å². The molecular formula is C18H25FN2O3S. The molecule has 1 saturated carbocycles. The molecular weight excluding hydrogens is 343 g/mol. The van der Waals surface area contributed by atoms with Crippen LogP contribution < -0.4 is 10.6 Å². The number of carbonyl (C=O) groups is 1. The monoisotopic (exact) mass is 368 g/mol. The Morgan fingerprint density at radius 1 is 1.12 bits per heavy atom. The first kappa shape index (κ1) is 18.3. The predicted octanol–water partition coefficient (Wildman–Crippen LogP) is 2.38. The Kier molecular flexibility index (Phi) is 5.43. The molecule has 0 bridgehead atoms. The van der Waals surface area contributed by atoms with E-state index in [-0.39, 0.29) is 23.3 Å². The minimum Gasteiger partial charge on any atom is -0.335 e. The highest BCUT2D eigenvalue weighted by atomic mass is 32.2. The van der Waals surface area contributed by atoms with Gasteiger partial charge in [-0.05, 0) is 56.5 Å². The Labute approximate surface area is 148 Å². The number of hydrogen-bond donors (Lipinski definition) is 2. The van der Waals surface area contributed by atoms with Gasteiger partial charge in [0.25, 0.3) is 0 Å². The van der Waals surface area contributed by atoms with Crippen molar-refractivity contribution in [3.63, 3.8) is 0 Å². The van der Waals surface area contributed by atoms with E-state index in [1.807, 2.05) is 0 Å². The fourth-order valence-electron chi connectivity index (χ4n) is 3.81. The predicted molar refractivity (Wildman–Crippen MR) is 93.1 cm³/mol. The third kappa shape index (κ3) is 3.72. The van der Waals surface area contributed by atoms with E-state index in [4.69, 9.17) is 0 Å². The summed E-state index contributed by atoms with van der Waals surface area (Å²) in [5, 5.41) is 5.98. The van der Waals surface area contributed by atoms with Crippen molar-refractivity contribution in [1.82, 2.24) is 10.6 Å². The molecule has 1 heterocycles. The average molecular weight is 368 g/mol. The second-order valence-corrected chi connectivity index (χ2v) is 9.32. The van der Waals surface area contributed by atoms with Crippen molar-refractivity contribution in [2.75, 3.05) is 13.1 Å². The Morgan fingerprint density at radius 2 is 1.80 bits per heavy atom. The Hall–Kier alpha value is -1.47. The molecule has 7 heteroatoms. The molecule has 1 aliphatic heterocycles. The summed E-state index contributed by atoms with van der Waals surface area (Å²) < 4.78 is 39.7. The first-order valence-corrected chi connectivity index (χ1v) is 10.5. The van der Waals surface area contributed by atoms with Crippen LogP contribution in [0.15, 0.2) is 29.2 Å². The summed E-state index contributed by atoms with van der Waals surface area (Å²) in [4.78, 5) is 11.4. The van der Waals surface area contributed by atoms with Gasteiger partial charge < -0.3 is 10.6 Å². The smallest absolute Gasteiger partial charge is 0.224 e. The normalized spacial score (nSPS) is 25.5. The first-order chi connectivity index (χ1) is 11.9. The zero-order chi connectivity index (χ0) is 17.9. The van der Waals surface area contributed by atoms with Gasteiger partial charge in [-0.2, -0.15) is 0 Å². The van der Waals surface area contributed by atoms with E-state index >= 15 is 0 Å². The number of halogens is 1. The molecule has 5 nitrogen and oxygen atoms in total. The quantitative estimate of drug-likeness (QED) is 0.800. The fraction of sp³-hybridized carbons (Fsp3) is 0.611. The zero-order valence-corrected chi connectivity index (χ0v) is 15.1. The number of amides is 1. The summed E-state index contributed by atoms with van der Waals surface area (Å²) >= 11 is 0. The van der Waals surface area contributed by atoms with Crippen LogP contribution in [-0.4, -0.2) is 32.3 Å². The molecule has 2 fully saturated rings. The lowest BCUT2D eigenvalue weighted by Gasteiger charge is -2.39. The zero-order valence-electron chi connectivity index (χ0n) is 14.3. The molecule has 1 aromatic carbocycles. The third-order valence-electron chi connectivity index (χ3n) is 5.31. The molecule has 1 saturated heterocycles. The van der Waals surface area contributed by atoms with E-state index in [0.717, 1.165) is 50.8 Å². The van der Waals surface area contributed by atoms with Gasteiger partial charge in [0.1, 0.15) is 5.82 Å². The summed E-state index contributed by atoms with van der Waals surface area (Å²) in [6.07, 6.45) is 5.79. The maximum Gasteiger partial charge on any atom is 0.224 e. The van der Waals surface area contributed by atoms with Crippen LogP contribution >= 0.6 is 0 Å². The van der Waals surface area contributed by atoms with E-state index in [0.29, 0.717) is 12.8 Å². The molecule has 0 spiro atoms. The maximum atomic E-state index is 13.3. The topological polar surface area (TPSA) is 75.3 Å². The van der Waals surface area contributed by atoms with Crippen LogP contribution in [0.3, 0.4) is 0 Å². The number of sulfone groups is 1. The van der Waals surface area contributed by atoms with Crippen molar-refractivity contribution in [2.24, 2.45) is 5.92 Å². The highest BCUT2D eigenvalue weighted by Gasteiger charge is 2.47. The highest BCUT2D eigenvalue weighted by Crippen LogP contribution is 2.32. The summed E-state index contributed by atoms with van der Waals surface area (Å²) in [5.74, 6) is -0.772. The van der Waals surface area contributed by atoms with E-state index in [9.17, 15) is 17.6 Å². The number of piperidine rings is 1. The lowest BCUT2D eigenvalue weighted by atomic mass is 9.88. The third-order valence-corrected chi connectivity index (χ3v) is 7.68. The van der Waals surface area contributed by atoms with Crippen LogP contribution in [0, 0.1) is 11.7 Å². The minimum absolute atomic E-state index is 0.0431. The molecule has 1 aromatic rings. The van der Waals surface area contributed by atoms with Crippen molar-refractivity contribution < 1.29 is 17.6 Å². The van der Waals surface area contributed by atoms with E-state index in [1.165, 1.54) is 12.1 Å². The Morgan fingerprint density at radius 3 is 2.40 bits per heavy atom. The van der Waals surface area contributed by atoms with Gasteiger partial charge in [-0.25, -0.2) is 12.8 Å². The van der Waals surface area contributed by atoms with Gasteiger partial charge in [-0.3, -0.25) is 4.79 Å². The van der Waals surface area contributed by atoms with Crippen molar-refractivity contribution >= 4 is 15.7 Å². The van der Waals surface area contributed by atoms with Crippen molar-refractivity contribution in [3.05, 3.63) is 30.1 Å². The SMILES string of the molecule is O=C(N[C@]1(S(=O)(=O)c2ccc(F)cc2)CCCNC1)C1CCCCC1. The van der Waals surface area contributed by atoms with Gasteiger partial charge in [0.2, 0.25) is 15.7 Å². The van der Waals surface area contributed by atoms with Crippen LogP contribution in [-0.2, 0) is 14.6 Å². The van der Waals surface area contributed by atoms with E-state index in [2.05, 4.69) is 10.6 Å². The first-order valence-electron chi connectivity index (χ1n) is 8.98. The Balaban J connectivity index is 1.89. The molecule has 138 valence electrons. The van der Waals surface area contributed by atoms with Gasteiger partial charge in [0.15, 0.2) is 4.87 Å². The molecule has 1 amide bonds. The molecule has 0 unspecified atom stereocenters. The average Bonchev–Trinajstić information content (AvgIpc) is 2.63. The van der Waals surface area contributed by atoms with Crippen molar-refractivity contribution in [3.8, 4) is 0 Å². The fourth-order valence-corrected chi connectivity index (χ4v) is 5.70. The van der Waals surface area contributed by atoms with E-state index < -0.39 is 20.5 Å². The van der Waals surface area contributed by atoms with Gasteiger partial charge in [0.05, 0.1) is 4.90 Å². The lowest BCUT2D eigenvalue weighted by Crippen LogP contribution is -2.63. The molecule has 3 rings (SSSR count). The second-order valence-electron chi connectivity index (χ2n) is 7.06. The van der Waals surface area contributed by atoms with Crippen molar-refractivity contribution in [1.29, 1.82) is 0 Å². The number of rotatable bonds is 4. The molecule has 2 aliphatic rings. The Bertz CT molecular complexity index is 706. The number of hydrogen-bond acceptors (Lipinski definition) is 4. The molecule has 25 heavy (non-hydrogen) atoms. The van der Waals surface area contributed by atoms with Crippen LogP contribution in [0.1, 0.15) is 44.9 Å². The van der Waals surface area contributed by atoms with Crippen LogP contribution in [0.4, 0.5) is 4.39 Å². The highest BCUT2D eigenvalue weighted by molar-refractivity contribution is 7.92. The van der Waals surface area contributed by atoms with Crippen LogP contribution in [0.2, 0.25) is 0 Å². The number of carbonyl (C=O) groups excluding carboxylic acids is 1. The molecule has 2 N–H and O–H groups in total. The molecule has 0 aromatic heterocycles. The van der Waals surface area contributed by atoms with Crippen molar-refractivity contribution in [2.45, 2.75) is 54.7 Å². The lowest BCUT2D eigenvalue weighted by molar-refractivity contribution is -0.127. The largest absolute Gasteiger partial charge is 0.335 e. The second kappa shape index (κ2) is 7.41. The summed E-state index contributed by atoms with van der Waals surface area (Å²) in [5.41, 5.74) is 0. The summed E-state index contributed by atoms with van der Waals surface area (Å²) in [6, 6.07) is 4.82. The number of benzene rings is 1.